The van der Waals surface area contributed by atoms with Gasteiger partial charge in [0, 0.05) is 4.92 Å². The molecule has 0 spiro atoms. The van der Waals surface area contributed by atoms with Gasteiger partial charge in [0.2, 0.25) is 6.54 Å². The largest absolute Gasteiger partial charge is 0.466 e. The molecule has 5 nitrogen and oxygen atoms in total. The Hall–Kier alpha value is -1.98. The smallest absolute Gasteiger partial charge is 0.306 e. The first-order chi connectivity index (χ1) is 8.54. The average Bonchev–Trinajstić information content (AvgIpc) is 2.28. The van der Waals surface area contributed by atoms with Crippen molar-refractivity contribution in [2.45, 2.75) is 19.3 Å². The standard InChI is InChI=1S/C12H14FNO4/c1-2-18-12(15)7-9(8-14(16)17)10-5-3-4-6-11(10)13/h3-6,9H,2,7-8H2,1H3. The van der Waals surface area contributed by atoms with Gasteiger partial charge in [0.25, 0.3) is 0 Å². The molecule has 0 aliphatic heterocycles. The van der Waals surface area contributed by atoms with Crippen LogP contribution in [0.1, 0.15) is 24.8 Å². The molecule has 0 aliphatic rings. The Labute approximate surface area is 104 Å². The van der Waals surface area contributed by atoms with Crippen LogP contribution in [0.2, 0.25) is 0 Å². The van der Waals surface area contributed by atoms with E-state index in [-0.39, 0.29) is 18.6 Å². The minimum absolute atomic E-state index is 0.169. The molecule has 98 valence electrons. The average molecular weight is 255 g/mol. The molecule has 0 amide bonds. The minimum atomic E-state index is -0.805. The van der Waals surface area contributed by atoms with Gasteiger partial charge >= 0.3 is 5.97 Å². The molecule has 0 saturated heterocycles. The Bertz CT molecular complexity index is 436. The third-order valence-corrected chi connectivity index (χ3v) is 2.43. The van der Waals surface area contributed by atoms with Crippen LogP contribution in [-0.2, 0) is 9.53 Å². The van der Waals surface area contributed by atoms with Gasteiger partial charge in [-0.05, 0) is 18.6 Å². The molecular weight excluding hydrogens is 241 g/mol. The molecule has 1 atom stereocenters. The first-order valence-electron chi connectivity index (χ1n) is 5.56. The molecule has 1 aromatic rings. The van der Waals surface area contributed by atoms with Crippen molar-refractivity contribution >= 4 is 5.97 Å². The van der Waals surface area contributed by atoms with Crippen LogP contribution >= 0.6 is 0 Å². The number of esters is 1. The summed E-state index contributed by atoms with van der Waals surface area (Å²) in [5.41, 5.74) is 0.169. The third kappa shape index (κ3) is 4.12. The van der Waals surface area contributed by atoms with Crippen molar-refractivity contribution in [3.05, 3.63) is 45.8 Å². The van der Waals surface area contributed by atoms with Crippen molar-refractivity contribution in [1.82, 2.24) is 0 Å². The molecule has 0 bridgehead atoms. The van der Waals surface area contributed by atoms with Crippen molar-refractivity contribution < 1.29 is 18.8 Å². The maximum absolute atomic E-state index is 13.6. The molecule has 1 unspecified atom stereocenters. The summed E-state index contributed by atoms with van der Waals surface area (Å²) in [6.45, 7) is 1.34. The number of carbonyl (C=O) groups is 1. The first kappa shape index (κ1) is 14.1. The number of hydrogen-bond donors (Lipinski definition) is 0. The van der Waals surface area contributed by atoms with Crippen molar-refractivity contribution in [1.29, 1.82) is 0 Å². The number of nitrogens with zero attached hydrogens (tertiary/aromatic N) is 1. The number of hydrogen-bond acceptors (Lipinski definition) is 4. The van der Waals surface area contributed by atoms with Crippen LogP contribution in [0.4, 0.5) is 4.39 Å². The van der Waals surface area contributed by atoms with E-state index in [9.17, 15) is 19.3 Å². The monoisotopic (exact) mass is 255 g/mol. The van der Waals surface area contributed by atoms with E-state index in [1.165, 1.54) is 18.2 Å². The summed E-state index contributed by atoms with van der Waals surface area (Å²) in [5.74, 6) is -1.92. The van der Waals surface area contributed by atoms with E-state index in [4.69, 9.17) is 4.74 Å². The maximum atomic E-state index is 13.6. The molecular formula is C12H14FNO4. The second kappa shape index (κ2) is 6.68. The Morgan fingerprint density at radius 3 is 2.72 bits per heavy atom. The Morgan fingerprint density at radius 2 is 2.17 bits per heavy atom. The fourth-order valence-electron chi connectivity index (χ4n) is 1.68. The number of ether oxygens (including phenoxy) is 1. The van der Waals surface area contributed by atoms with Crippen LogP contribution in [0, 0.1) is 15.9 Å². The highest BCUT2D eigenvalue weighted by molar-refractivity contribution is 5.70. The van der Waals surface area contributed by atoms with Gasteiger partial charge in [-0.2, -0.15) is 0 Å². The predicted octanol–water partition coefficient (Wildman–Crippen LogP) is 2.14. The molecule has 1 aromatic carbocycles. The van der Waals surface area contributed by atoms with Crippen molar-refractivity contribution in [2.75, 3.05) is 13.2 Å². The normalized spacial score (nSPS) is 11.9. The fraction of sp³-hybridized carbons (Fsp3) is 0.417. The lowest BCUT2D eigenvalue weighted by Gasteiger charge is -2.13. The minimum Gasteiger partial charge on any atom is -0.466 e. The van der Waals surface area contributed by atoms with Crippen LogP contribution in [-0.4, -0.2) is 24.0 Å². The summed E-state index contributed by atoms with van der Waals surface area (Å²) in [7, 11) is 0. The van der Waals surface area contributed by atoms with Crippen LogP contribution in [0.3, 0.4) is 0 Å². The molecule has 6 heteroatoms. The number of benzene rings is 1. The third-order valence-electron chi connectivity index (χ3n) is 2.43. The van der Waals surface area contributed by atoms with Crippen LogP contribution < -0.4 is 0 Å². The van der Waals surface area contributed by atoms with Gasteiger partial charge in [-0.15, -0.1) is 0 Å². The summed E-state index contributed by atoms with van der Waals surface area (Å²) in [6, 6.07) is 5.74. The van der Waals surface area contributed by atoms with E-state index in [0.717, 1.165) is 0 Å². The lowest BCUT2D eigenvalue weighted by atomic mass is 9.95. The first-order valence-corrected chi connectivity index (χ1v) is 5.56. The summed E-state index contributed by atoms with van der Waals surface area (Å²) in [5, 5.41) is 10.6. The topological polar surface area (TPSA) is 69.4 Å². The van der Waals surface area contributed by atoms with Crippen LogP contribution in [0.15, 0.2) is 24.3 Å². The highest BCUT2D eigenvalue weighted by Gasteiger charge is 2.24. The summed E-state index contributed by atoms with van der Waals surface area (Å²) in [4.78, 5) is 21.4. The quantitative estimate of drug-likeness (QED) is 0.443. The number of halogens is 1. The van der Waals surface area contributed by atoms with E-state index < -0.39 is 29.2 Å². The van der Waals surface area contributed by atoms with E-state index >= 15 is 0 Å². The molecule has 0 aromatic heterocycles. The second-order valence-electron chi connectivity index (χ2n) is 3.74. The lowest BCUT2D eigenvalue weighted by molar-refractivity contribution is -0.483. The Kier molecular flexibility index (Phi) is 5.23. The summed E-state index contributed by atoms with van der Waals surface area (Å²) in [6.07, 6.45) is -0.199. The van der Waals surface area contributed by atoms with Gasteiger partial charge in [0.05, 0.1) is 18.9 Å². The highest BCUT2D eigenvalue weighted by Crippen LogP contribution is 2.23. The van der Waals surface area contributed by atoms with Crippen molar-refractivity contribution in [3.8, 4) is 0 Å². The SMILES string of the molecule is CCOC(=O)CC(C[N+](=O)[O-])c1ccccc1F. The molecule has 0 radical (unpaired) electrons. The Balaban J connectivity index is 2.88. The second-order valence-corrected chi connectivity index (χ2v) is 3.74. The fourth-order valence-corrected chi connectivity index (χ4v) is 1.68. The number of nitro groups is 1. The zero-order valence-corrected chi connectivity index (χ0v) is 9.97. The lowest BCUT2D eigenvalue weighted by Crippen LogP contribution is -2.19. The van der Waals surface area contributed by atoms with Gasteiger partial charge < -0.3 is 4.74 Å². The number of rotatable bonds is 6. The van der Waals surface area contributed by atoms with Crippen molar-refractivity contribution in [2.24, 2.45) is 0 Å². The zero-order chi connectivity index (χ0) is 13.5. The molecule has 0 fully saturated rings. The zero-order valence-electron chi connectivity index (χ0n) is 9.97. The van der Waals surface area contributed by atoms with E-state index in [1.807, 2.05) is 0 Å². The van der Waals surface area contributed by atoms with Crippen LogP contribution in [0.25, 0.3) is 0 Å². The van der Waals surface area contributed by atoms with Crippen molar-refractivity contribution in [3.63, 3.8) is 0 Å². The molecule has 0 aliphatic carbocycles. The molecule has 0 heterocycles. The number of carbonyl (C=O) groups excluding carboxylic acids is 1. The van der Waals surface area contributed by atoms with Gasteiger partial charge in [-0.3, -0.25) is 14.9 Å². The van der Waals surface area contributed by atoms with E-state index in [2.05, 4.69) is 0 Å². The van der Waals surface area contributed by atoms with E-state index in [0.29, 0.717) is 0 Å². The molecule has 18 heavy (non-hydrogen) atoms. The maximum Gasteiger partial charge on any atom is 0.306 e. The van der Waals surface area contributed by atoms with Gasteiger partial charge in [-0.1, -0.05) is 18.2 Å². The van der Waals surface area contributed by atoms with Gasteiger partial charge in [0.1, 0.15) is 5.82 Å². The predicted molar refractivity (Wildman–Crippen MR) is 62.3 cm³/mol. The van der Waals surface area contributed by atoms with Gasteiger partial charge in [-0.25, -0.2) is 4.39 Å². The molecule has 0 N–H and O–H groups in total. The summed E-state index contributed by atoms with van der Waals surface area (Å²) >= 11 is 0. The molecule has 0 saturated carbocycles. The Morgan fingerprint density at radius 1 is 1.50 bits per heavy atom. The molecule has 1 rings (SSSR count). The highest BCUT2D eigenvalue weighted by atomic mass is 19.1. The summed E-state index contributed by atoms with van der Waals surface area (Å²) < 4.78 is 18.3. The van der Waals surface area contributed by atoms with E-state index in [1.54, 1.807) is 13.0 Å². The van der Waals surface area contributed by atoms with Gasteiger partial charge in [0.15, 0.2) is 0 Å². The van der Waals surface area contributed by atoms with Crippen LogP contribution in [0.5, 0.6) is 0 Å².